The third-order valence-corrected chi connectivity index (χ3v) is 2.59. The van der Waals surface area contributed by atoms with E-state index in [1.54, 1.807) is 6.07 Å². The van der Waals surface area contributed by atoms with Gasteiger partial charge in [-0.3, -0.25) is 4.79 Å². The summed E-state index contributed by atoms with van der Waals surface area (Å²) in [6, 6.07) is 3.63. The van der Waals surface area contributed by atoms with Crippen molar-refractivity contribution in [1.29, 1.82) is 0 Å². The van der Waals surface area contributed by atoms with E-state index in [9.17, 15) is 4.79 Å². The molecule has 1 N–H and O–H groups in total. The molecule has 1 heterocycles. The van der Waals surface area contributed by atoms with Gasteiger partial charge in [-0.15, -0.1) is 0 Å². The molecule has 17 heavy (non-hydrogen) atoms. The van der Waals surface area contributed by atoms with Gasteiger partial charge >= 0.3 is 0 Å². The Balaban J connectivity index is 2.40. The monoisotopic (exact) mass is 300 g/mol. The number of rotatable bonds is 6. The molecule has 0 aliphatic carbocycles. The molecule has 0 aliphatic heterocycles. The van der Waals surface area contributed by atoms with Crippen molar-refractivity contribution < 1.29 is 9.53 Å². The molecule has 1 aromatic rings. The molecule has 0 aromatic carbocycles. The zero-order chi connectivity index (χ0) is 12.7. The Morgan fingerprint density at radius 2 is 2.24 bits per heavy atom. The molecule has 4 nitrogen and oxygen atoms in total. The lowest BCUT2D eigenvalue weighted by molar-refractivity contribution is -0.117. The van der Waals surface area contributed by atoms with Crippen molar-refractivity contribution in [3.8, 4) is 0 Å². The summed E-state index contributed by atoms with van der Waals surface area (Å²) in [5.41, 5.74) is 1.54. The molecule has 5 heteroatoms. The Morgan fingerprint density at radius 3 is 2.88 bits per heavy atom. The van der Waals surface area contributed by atoms with Crippen LogP contribution in [0, 0.1) is 6.92 Å². The predicted octanol–water partition coefficient (Wildman–Crippen LogP) is 2.91. The van der Waals surface area contributed by atoms with Crippen LogP contribution < -0.4 is 5.32 Å². The average Bonchev–Trinajstić information content (AvgIpc) is 2.28. The van der Waals surface area contributed by atoms with Crippen LogP contribution in [0.2, 0.25) is 0 Å². The van der Waals surface area contributed by atoms with E-state index in [-0.39, 0.29) is 5.91 Å². The third kappa shape index (κ3) is 5.28. The zero-order valence-electron chi connectivity index (χ0n) is 10.1. The zero-order valence-corrected chi connectivity index (χ0v) is 11.7. The molecule has 0 spiro atoms. The molecule has 0 radical (unpaired) electrons. The van der Waals surface area contributed by atoms with Crippen molar-refractivity contribution in [2.75, 3.05) is 18.5 Å². The molecule has 1 amide bonds. The molecule has 0 aliphatic rings. The topological polar surface area (TPSA) is 51.2 Å². The van der Waals surface area contributed by atoms with Gasteiger partial charge in [-0.05, 0) is 41.4 Å². The van der Waals surface area contributed by atoms with E-state index < -0.39 is 0 Å². The first-order chi connectivity index (χ1) is 8.13. The molecular weight excluding hydrogens is 284 g/mol. The van der Waals surface area contributed by atoms with Gasteiger partial charge in [-0.1, -0.05) is 6.92 Å². The molecule has 0 unspecified atom stereocenters. The Kier molecular flexibility index (Phi) is 6.15. The largest absolute Gasteiger partial charge is 0.381 e. The quantitative estimate of drug-likeness (QED) is 0.649. The van der Waals surface area contributed by atoms with Crippen molar-refractivity contribution >= 4 is 27.5 Å². The molecule has 0 atom stereocenters. The van der Waals surface area contributed by atoms with Crippen molar-refractivity contribution in [3.63, 3.8) is 0 Å². The number of halogens is 1. The number of carbonyl (C=O) groups excluding carboxylic acids is 1. The van der Waals surface area contributed by atoms with Crippen LogP contribution in [0.25, 0.3) is 0 Å². The smallest absolute Gasteiger partial charge is 0.226 e. The second-order valence-electron chi connectivity index (χ2n) is 3.68. The maximum absolute atomic E-state index is 11.6. The predicted molar refractivity (Wildman–Crippen MR) is 71.0 cm³/mol. The molecule has 1 aromatic heterocycles. The molecule has 0 saturated heterocycles. The van der Waals surface area contributed by atoms with Gasteiger partial charge in [0.25, 0.3) is 0 Å². The van der Waals surface area contributed by atoms with Crippen LogP contribution in [0.5, 0.6) is 0 Å². The Hall–Kier alpha value is -0.940. The fraction of sp³-hybridized carbons (Fsp3) is 0.500. The number of hydrogen-bond acceptors (Lipinski definition) is 3. The fourth-order valence-electron chi connectivity index (χ4n) is 1.29. The van der Waals surface area contributed by atoms with Crippen molar-refractivity contribution in [2.45, 2.75) is 26.7 Å². The van der Waals surface area contributed by atoms with E-state index in [0.29, 0.717) is 19.6 Å². The number of nitrogens with zero attached hydrogens (tertiary/aromatic N) is 1. The van der Waals surface area contributed by atoms with E-state index in [2.05, 4.69) is 26.2 Å². The minimum Gasteiger partial charge on any atom is -0.381 e. The Labute approximate surface area is 110 Å². The highest BCUT2D eigenvalue weighted by atomic mass is 79.9. The molecule has 0 saturated carbocycles. The van der Waals surface area contributed by atoms with E-state index in [4.69, 9.17) is 4.74 Å². The molecule has 94 valence electrons. The standard InChI is InChI=1S/C12H17BrN2O2/c1-3-7-17-8-6-12(16)15-10-4-5-11(13)14-9(10)2/h4-5H,3,6-8H2,1-2H3,(H,15,16). The lowest BCUT2D eigenvalue weighted by Gasteiger charge is -2.08. The summed E-state index contributed by atoms with van der Waals surface area (Å²) < 4.78 is 6.02. The van der Waals surface area contributed by atoms with Crippen LogP contribution in [0.15, 0.2) is 16.7 Å². The number of aryl methyl sites for hydroxylation is 1. The lowest BCUT2D eigenvalue weighted by Crippen LogP contribution is -2.15. The number of pyridine rings is 1. The number of nitrogens with one attached hydrogen (secondary N) is 1. The van der Waals surface area contributed by atoms with Crippen LogP contribution in [-0.2, 0) is 9.53 Å². The number of amides is 1. The molecular formula is C12H17BrN2O2. The second-order valence-corrected chi connectivity index (χ2v) is 4.49. The minimum absolute atomic E-state index is 0.0478. The number of ether oxygens (including phenoxy) is 1. The maximum atomic E-state index is 11.6. The van der Waals surface area contributed by atoms with Gasteiger partial charge in [0.2, 0.25) is 5.91 Å². The van der Waals surface area contributed by atoms with Crippen LogP contribution in [0.1, 0.15) is 25.5 Å². The van der Waals surface area contributed by atoms with E-state index in [1.165, 1.54) is 0 Å². The maximum Gasteiger partial charge on any atom is 0.226 e. The molecule has 1 rings (SSSR count). The summed E-state index contributed by atoms with van der Waals surface area (Å²) in [5, 5.41) is 2.81. The van der Waals surface area contributed by atoms with E-state index in [1.807, 2.05) is 19.9 Å². The van der Waals surface area contributed by atoms with Gasteiger partial charge in [-0.2, -0.15) is 0 Å². The van der Waals surface area contributed by atoms with E-state index >= 15 is 0 Å². The number of hydrogen-bond donors (Lipinski definition) is 1. The van der Waals surface area contributed by atoms with Gasteiger partial charge in [-0.25, -0.2) is 4.98 Å². The molecule has 0 fully saturated rings. The van der Waals surface area contributed by atoms with Crippen LogP contribution >= 0.6 is 15.9 Å². The van der Waals surface area contributed by atoms with Crippen LogP contribution in [0.4, 0.5) is 5.69 Å². The van der Waals surface area contributed by atoms with Gasteiger partial charge < -0.3 is 10.1 Å². The lowest BCUT2D eigenvalue weighted by atomic mass is 10.3. The second kappa shape index (κ2) is 7.40. The third-order valence-electron chi connectivity index (χ3n) is 2.15. The van der Waals surface area contributed by atoms with Crippen molar-refractivity contribution in [2.24, 2.45) is 0 Å². The average molecular weight is 301 g/mol. The number of aromatic nitrogens is 1. The summed E-state index contributed by atoms with van der Waals surface area (Å²) in [5.74, 6) is -0.0478. The molecule has 0 bridgehead atoms. The highest BCUT2D eigenvalue weighted by molar-refractivity contribution is 9.10. The summed E-state index contributed by atoms with van der Waals surface area (Å²) in [7, 11) is 0. The summed E-state index contributed by atoms with van der Waals surface area (Å²) in [6.45, 7) is 5.06. The summed E-state index contributed by atoms with van der Waals surface area (Å²) >= 11 is 3.28. The first-order valence-corrected chi connectivity index (χ1v) is 6.43. The highest BCUT2D eigenvalue weighted by Gasteiger charge is 2.05. The minimum atomic E-state index is -0.0478. The fourth-order valence-corrected chi connectivity index (χ4v) is 1.68. The van der Waals surface area contributed by atoms with Gasteiger partial charge in [0.15, 0.2) is 0 Å². The number of anilines is 1. The summed E-state index contributed by atoms with van der Waals surface area (Å²) in [6.07, 6.45) is 1.34. The normalized spacial score (nSPS) is 10.3. The Bertz CT molecular complexity index is 383. The van der Waals surface area contributed by atoms with Crippen LogP contribution in [0.3, 0.4) is 0 Å². The SMILES string of the molecule is CCCOCCC(=O)Nc1ccc(Br)nc1C. The highest BCUT2D eigenvalue weighted by Crippen LogP contribution is 2.16. The summed E-state index contributed by atoms with van der Waals surface area (Å²) in [4.78, 5) is 15.8. The van der Waals surface area contributed by atoms with Crippen LogP contribution in [-0.4, -0.2) is 24.1 Å². The first-order valence-electron chi connectivity index (χ1n) is 5.64. The Morgan fingerprint density at radius 1 is 1.47 bits per heavy atom. The van der Waals surface area contributed by atoms with Gasteiger partial charge in [0.05, 0.1) is 24.4 Å². The van der Waals surface area contributed by atoms with Crippen molar-refractivity contribution in [3.05, 3.63) is 22.4 Å². The number of carbonyl (C=O) groups is 1. The first kappa shape index (κ1) is 14.1. The van der Waals surface area contributed by atoms with Gasteiger partial charge in [0.1, 0.15) is 4.60 Å². The van der Waals surface area contributed by atoms with Gasteiger partial charge in [0, 0.05) is 6.61 Å². The van der Waals surface area contributed by atoms with Crippen molar-refractivity contribution in [1.82, 2.24) is 4.98 Å². The van der Waals surface area contributed by atoms with E-state index in [0.717, 1.165) is 22.4 Å².